The van der Waals surface area contributed by atoms with Crippen LogP contribution in [-0.2, 0) is 0 Å². The number of hydrogen-bond donors (Lipinski definition) is 0. The normalized spacial score (nSPS) is 14.2. The molecule has 0 spiro atoms. The van der Waals surface area contributed by atoms with Crippen molar-refractivity contribution in [2.75, 3.05) is 4.90 Å². The van der Waals surface area contributed by atoms with Gasteiger partial charge in [-0.3, -0.25) is 0 Å². The summed E-state index contributed by atoms with van der Waals surface area (Å²) in [4.78, 5) is 20.1. The molecular weight excluding hydrogens is 828 g/mol. The van der Waals surface area contributed by atoms with Gasteiger partial charge in [0, 0.05) is 11.1 Å². The van der Waals surface area contributed by atoms with Gasteiger partial charge in [-0.15, -0.1) is 0 Å². The number of hydrogen-bond acceptors (Lipinski definition) is 6. The molecular formula is C57H38BN4OSSi-. The molecule has 0 radical (unpaired) electrons. The Balaban J connectivity index is 0.996. The van der Waals surface area contributed by atoms with Gasteiger partial charge in [-0.25, -0.2) is 4.98 Å². The van der Waals surface area contributed by atoms with Crippen LogP contribution in [0.15, 0.2) is 234 Å². The van der Waals surface area contributed by atoms with E-state index in [9.17, 15) is 0 Å². The third-order valence-corrected chi connectivity index (χ3v) is 20.2. The maximum absolute atomic E-state index is 7.22. The van der Waals surface area contributed by atoms with Crippen molar-refractivity contribution in [3.63, 3.8) is 0 Å². The standard InChI is InChI=1S/C57H38BN4OSSi/c1-5-19-38(20-6-1)55-59-56(39-21-7-2-8-22-39)61-57(60-55)40-33-34-44-48(35-40)63-49-36-41(37-51-54(49)58(44)45-27-13-16-30-50(45)64-51)62-46-28-14-17-31-52(46)65(42-23-9-3-10-24-42,43-25-11-4-12-26-43)53-32-18-15-29-47(53)62/h1-37,65H/q-1. The Morgan fingerprint density at radius 3 is 1.52 bits per heavy atom. The van der Waals surface area contributed by atoms with Gasteiger partial charge in [-0.2, -0.15) is 0 Å². The molecule has 4 heterocycles. The first-order valence-corrected chi connectivity index (χ1v) is 25.2. The minimum Gasteiger partial charge on any atom is -0.0615 e. The van der Waals surface area contributed by atoms with Crippen LogP contribution < -0.4 is 46.8 Å². The third kappa shape index (κ3) is 5.98. The molecule has 0 saturated heterocycles. The third-order valence-electron chi connectivity index (χ3n) is 13.5. The molecule has 0 atom stereocenters. The number of anilines is 3. The average Bonchev–Trinajstić information content (AvgIpc) is 3.38. The zero-order valence-corrected chi connectivity index (χ0v) is 37.1. The molecule has 0 N–H and O–H groups in total. The fourth-order valence-corrected chi connectivity index (χ4v) is 17.8. The second-order valence-electron chi connectivity index (χ2n) is 17.0. The topological polar surface area (TPSA) is 51.1 Å². The molecule has 65 heavy (non-hydrogen) atoms. The van der Waals surface area contributed by atoms with E-state index in [-0.39, 0.29) is 6.71 Å². The fraction of sp³-hybridized carbons (Fsp3) is 0. The van der Waals surface area contributed by atoms with E-state index in [0.717, 1.165) is 39.3 Å². The molecule has 8 heteroatoms. The molecule has 0 unspecified atom stereocenters. The van der Waals surface area contributed by atoms with E-state index in [1.54, 1.807) is 0 Å². The van der Waals surface area contributed by atoms with Crippen molar-refractivity contribution in [3.8, 4) is 45.7 Å². The summed E-state index contributed by atoms with van der Waals surface area (Å²) in [5, 5.41) is 5.55. The van der Waals surface area contributed by atoms with Crippen LogP contribution in [0.4, 0.5) is 17.1 Å². The summed E-state index contributed by atoms with van der Waals surface area (Å²) in [5.74, 6) is 3.50. The zero-order chi connectivity index (χ0) is 42.9. The SMILES string of the molecule is c1ccc(-c2nc(-c3ccccc3)nc(-c3ccc4c(c3)Oc3cc(N5c6ccccc6[SiH-](c6ccccc6)(c6ccccc6)c6ccccc65)cc5c3B4c3ccccc3S5)n2)cc1. The number of aromatic nitrogens is 3. The van der Waals surface area contributed by atoms with E-state index in [1.807, 2.05) is 72.4 Å². The number of benzene rings is 9. The summed E-state index contributed by atoms with van der Waals surface area (Å²) in [6.07, 6.45) is 0. The predicted molar refractivity (Wildman–Crippen MR) is 271 cm³/mol. The second kappa shape index (κ2) is 15.2. The molecule has 0 bridgehead atoms. The summed E-state index contributed by atoms with van der Waals surface area (Å²) in [7, 11) is -3.22. The Labute approximate surface area is 383 Å². The summed E-state index contributed by atoms with van der Waals surface area (Å²) in [6.45, 7) is -0.0129. The van der Waals surface area contributed by atoms with Crippen molar-refractivity contribution < 1.29 is 4.74 Å². The van der Waals surface area contributed by atoms with Gasteiger partial charge < -0.3 is 0 Å². The fourth-order valence-electron chi connectivity index (χ4n) is 10.7. The van der Waals surface area contributed by atoms with E-state index < -0.39 is 8.07 Å². The number of ether oxygens (including phenoxy) is 1. The van der Waals surface area contributed by atoms with Crippen molar-refractivity contribution in [1.29, 1.82) is 0 Å². The Morgan fingerprint density at radius 1 is 0.415 bits per heavy atom. The number of rotatable bonds is 6. The number of fused-ring (bicyclic) bond motifs is 6. The molecule has 10 aromatic rings. The van der Waals surface area contributed by atoms with Crippen LogP contribution >= 0.6 is 11.8 Å². The first kappa shape index (κ1) is 37.7. The summed E-state index contributed by atoms with van der Waals surface area (Å²) in [6, 6.07) is 80.9. The molecule has 3 aliphatic rings. The van der Waals surface area contributed by atoms with Crippen LogP contribution in [0.2, 0.25) is 0 Å². The van der Waals surface area contributed by atoms with Crippen molar-refractivity contribution in [2.45, 2.75) is 9.79 Å². The van der Waals surface area contributed by atoms with Gasteiger partial charge in [-0.1, -0.05) is 60.7 Å². The molecule has 1 aromatic heterocycles. The van der Waals surface area contributed by atoms with Gasteiger partial charge >= 0.3 is 297 Å². The van der Waals surface area contributed by atoms with E-state index >= 15 is 0 Å². The molecule has 306 valence electrons. The van der Waals surface area contributed by atoms with E-state index in [0.29, 0.717) is 17.5 Å². The molecule has 3 aliphatic heterocycles. The Bertz CT molecular complexity index is 3320. The molecule has 9 aromatic carbocycles. The molecule has 13 rings (SSSR count). The summed E-state index contributed by atoms with van der Waals surface area (Å²) >= 11 is 1.83. The van der Waals surface area contributed by atoms with Crippen LogP contribution in [0.5, 0.6) is 11.5 Å². The van der Waals surface area contributed by atoms with Crippen LogP contribution in [0.3, 0.4) is 0 Å². The number of nitrogens with zero attached hydrogens (tertiary/aromatic N) is 4. The van der Waals surface area contributed by atoms with Crippen LogP contribution in [0.1, 0.15) is 0 Å². The minimum absolute atomic E-state index is 0.0129. The first-order valence-electron chi connectivity index (χ1n) is 22.1. The second-order valence-corrected chi connectivity index (χ2v) is 22.4. The minimum atomic E-state index is -3.22. The van der Waals surface area contributed by atoms with Crippen LogP contribution in [0.25, 0.3) is 34.2 Å². The van der Waals surface area contributed by atoms with Gasteiger partial charge in [0.1, 0.15) is 0 Å². The van der Waals surface area contributed by atoms with Gasteiger partial charge in [0.15, 0.2) is 11.6 Å². The van der Waals surface area contributed by atoms with Gasteiger partial charge in [-0.05, 0) is 0 Å². The predicted octanol–water partition coefficient (Wildman–Crippen LogP) is 8.85. The molecule has 5 nitrogen and oxygen atoms in total. The molecule has 0 fully saturated rings. The molecule has 0 saturated carbocycles. The smallest absolute Gasteiger partial charge is 0.0615 e. The van der Waals surface area contributed by atoms with Gasteiger partial charge in [0.25, 0.3) is 0 Å². The van der Waals surface area contributed by atoms with E-state index in [4.69, 9.17) is 19.7 Å². The quantitative estimate of drug-likeness (QED) is 0.156. The van der Waals surface area contributed by atoms with Crippen molar-refractivity contribution in [1.82, 2.24) is 15.0 Å². The Kier molecular flexibility index (Phi) is 8.82. The van der Waals surface area contributed by atoms with E-state index in [1.165, 1.54) is 52.8 Å². The Hall–Kier alpha value is -7.78. The summed E-state index contributed by atoms with van der Waals surface area (Å²) < 4.78 is 7.22. The zero-order valence-electron chi connectivity index (χ0n) is 35.1. The maximum atomic E-state index is 7.22. The van der Waals surface area contributed by atoms with Gasteiger partial charge in [0.05, 0.1) is 0 Å². The average molecular weight is 866 g/mol. The first-order chi connectivity index (χ1) is 32.2. The van der Waals surface area contributed by atoms with Crippen molar-refractivity contribution >= 4 is 80.7 Å². The monoisotopic (exact) mass is 865 g/mol. The summed E-state index contributed by atoms with van der Waals surface area (Å²) in [5.41, 5.74) is 9.80. The number of para-hydroxylation sites is 2. The van der Waals surface area contributed by atoms with Crippen molar-refractivity contribution in [2.24, 2.45) is 0 Å². The van der Waals surface area contributed by atoms with Crippen LogP contribution in [0, 0.1) is 0 Å². The van der Waals surface area contributed by atoms with Gasteiger partial charge in [0.2, 0.25) is 0 Å². The molecule has 0 aliphatic carbocycles. The van der Waals surface area contributed by atoms with E-state index in [2.05, 4.69) is 169 Å². The molecule has 0 amide bonds. The van der Waals surface area contributed by atoms with Crippen LogP contribution in [-0.4, -0.2) is 29.7 Å². The van der Waals surface area contributed by atoms with Crippen molar-refractivity contribution in [3.05, 3.63) is 224 Å². The Morgan fingerprint density at radius 2 is 0.923 bits per heavy atom.